The molecular formula is C26H29ClN6O5S4. The molecule has 0 radical (unpaired) electrons. The van der Waals surface area contributed by atoms with Crippen LogP contribution in [0.3, 0.4) is 0 Å². The van der Waals surface area contributed by atoms with E-state index in [-0.39, 0.29) is 40.8 Å². The molecule has 0 aliphatic carbocycles. The van der Waals surface area contributed by atoms with E-state index in [1.54, 1.807) is 31.4 Å². The average molecular weight is 669 g/mol. The Labute approximate surface area is 266 Å². The van der Waals surface area contributed by atoms with Crippen molar-refractivity contribution in [2.45, 2.75) is 28.7 Å². The van der Waals surface area contributed by atoms with Gasteiger partial charge in [-0.05, 0) is 41.1 Å². The van der Waals surface area contributed by atoms with Crippen LogP contribution < -0.4 is 39.3 Å². The summed E-state index contributed by atoms with van der Waals surface area (Å²) in [6.07, 6.45) is 0. The largest absolute Gasteiger partial charge is 1.00 e. The topological polar surface area (TPSA) is 186 Å². The Morgan fingerprint density at radius 3 is 2.55 bits per heavy atom. The van der Waals surface area contributed by atoms with Gasteiger partial charge in [0.15, 0.2) is 5.17 Å². The lowest BCUT2D eigenvalue weighted by Crippen LogP contribution is -3.00. The number of hydrogen-bond donors (Lipinski definition) is 5. The van der Waals surface area contributed by atoms with Crippen LogP contribution in [0.1, 0.15) is 11.1 Å². The number of methoxy groups -OCH3 is 1. The zero-order valence-electron chi connectivity index (χ0n) is 22.3. The summed E-state index contributed by atoms with van der Waals surface area (Å²) in [6, 6.07) is 14.0. The number of hydrogen-bond acceptors (Lipinski definition) is 10. The van der Waals surface area contributed by atoms with Crippen molar-refractivity contribution in [1.29, 1.82) is 5.41 Å². The van der Waals surface area contributed by atoms with Gasteiger partial charge in [0.1, 0.15) is 29.5 Å². The van der Waals surface area contributed by atoms with E-state index in [2.05, 4.69) is 5.32 Å². The minimum absolute atomic E-state index is 0. The van der Waals surface area contributed by atoms with Gasteiger partial charge in [0, 0.05) is 21.3 Å². The number of amides is 2. The van der Waals surface area contributed by atoms with E-state index in [4.69, 9.17) is 31.8 Å². The number of β-lactam (4-membered cyclic amide) rings is 1. The number of fused-ring (bicyclic) bond motifs is 1. The monoisotopic (exact) mass is 668 g/mol. The maximum absolute atomic E-state index is 13.5. The fourth-order valence-electron chi connectivity index (χ4n) is 3.97. The first-order chi connectivity index (χ1) is 19.7. The lowest BCUT2D eigenvalue weighted by molar-refractivity contribution is -0.153. The number of nitrogens with zero attached hydrogens (tertiary/aromatic N) is 1. The van der Waals surface area contributed by atoms with E-state index in [0.29, 0.717) is 22.2 Å². The number of carbonyl (C=O) groups excluding carboxylic acids is 3. The van der Waals surface area contributed by atoms with Gasteiger partial charge < -0.3 is 32.9 Å². The average Bonchev–Trinajstić information content (AvgIpc) is 2.97. The molecule has 0 unspecified atom stereocenters. The van der Waals surface area contributed by atoms with Crippen LogP contribution in [-0.2, 0) is 31.5 Å². The molecule has 2 aromatic carbocycles. The SMILES string of the molecule is COc1ccc(COC(=O)C2=C(Sc3ccccc3CSC(N)=[NH2+])CS[C@@H]3[C@H](NC(=O)CSC(=N)N)C(=O)N23)cc1.[Cl-]. The van der Waals surface area contributed by atoms with Crippen LogP contribution in [0.5, 0.6) is 5.75 Å². The molecule has 0 aromatic heterocycles. The highest BCUT2D eigenvalue weighted by Gasteiger charge is 2.54. The maximum atomic E-state index is 13.5. The highest BCUT2D eigenvalue weighted by Crippen LogP contribution is 2.46. The maximum Gasteiger partial charge on any atom is 0.356 e. The minimum Gasteiger partial charge on any atom is -1.00 e. The lowest BCUT2D eigenvalue weighted by Gasteiger charge is -2.49. The van der Waals surface area contributed by atoms with Gasteiger partial charge in [-0.1, -0.05) is 53.9 Å². The van der Waals surface area contributed by atoms with Gasteiger partial charge in [-0.2, -0.15) is 0 Å². The van der Waals surface area contributed by atoms with Crippen molar-refractivity contribution in [3.8, 4) is 5.75 Å². The normalized spacial score (nSPS) is 17.4. The van der Waals surface area contributed by atoms with Gasteiger partial charge in [0.25, 0.3) is 11.1 Å². The number of amidine groups is 2. The van der Waals surface area contributed by atoms with E-state index in [0.717, 1.165) is 27.8 Å². The lowest BCUT2D eigenvalue weighted by atomic mass is 10.1. The molecule has 0 spiro atoms. The van der Waals surface area contributed by atoms with E-state index in [1.807, 2.05) is 24.3 Å². The predicted molar refractivity (Wildman–Crippen MR) is 164 cm³/mol. The summed E-state index contributed by atoms with van der Waals surface area (Å²) in [5.41, 5.74) is 12.9. The molecule has 2 heterocycles. The zero-order chi connectivity index (χ0) is 29.5. The Morgan fingerprint density at radius 2 is 1.88 bits per heavy atom. The molecule has 8 N–H and O–H groups in total. The molecule has 42 heavy (non-hydrogen) atoms. The number of rotatable bonds is 11. The number of nitrogens with two attached hydrogens (primary N) is 3. The second-order valence-electron chi connectivity index (χ2n) is 8.70. The first-order valence-corrected chi connectivity index (χ1v) is 16.0. The number of esters is 1. The quantitative estimate of drug-likeness (QED) is 0.0778. The third-order valence-electron chi connectivity index (χ3n) is 5.93. The molecule has 0 saturated carbocycles. The smallest absolute Gasteiger partial charge is 0.356 e. The van der Waals surface area contributed by atoms with E-state index in [1.165, 1.54) is 40.2 Å². The molecule has 1 saturated heterocycles. The summed E-state index contributed by atoms with van der Waals surface area (Å²) in [7, 11) is 1.57. The van der Waals surface area contributed by atoms with Crippen LogP contribution in [0.15, 0.2) is 64.0 Å². The van der Waals surface area contributed by atoms with Crippen LogP contribution >= 0.6 is 47.0 Å². The van der Waals surface area contributed by atoms with Gasteiger partial charge in [0.2, 0.25) is 5.91 Å². The number of thioether (sulfide) groups is 4. The van der Waals surface area contributed by atoms with Gasteiger partial charge in [-0.25, -0.2) is 4.79 Å². The Kier molecular flexibility index (Phi) is 12.4. The van der Waals surface area contributed by atoms with Crippen molar-refractivity contribution >= 4 is 75.2 Å². The Hall–Kier alpha value is -2.98. The number of benzene rings is 2. The summed E-state index contributed by atoms with van der Waals surface area (Å²) < 4.78 is 10.9. The Bertz CT molecular complexity index is 1390. The fraction of sp³-hybridized carbons (Fsp3) is 0.269. The standard InChI is InChI=1S/C26H28N6O5S4.ClH/c1-36-16-8-6-14(7-9-16)10-37-24(35)21-18(41-17-5-3-2-4-15(17)11-39-25(27)28)12-38-23-20(22(34)32(21)23)31-19(33)13-40-26(29)30;/h2-9,20,23H,10-13H2,1H3,(H3,27,28)(H3,29,30)(H,31,33);1H/t20-,23-;/m1./s1. The summed E-state index contributed by atoms with van der Waals surface area (Å²) in [5, 5.41) is 15.2. The van der Waals surface area contributed by atoms with Gasteiger partial charge in [-0.15, -0.1) is 11.8 Å². The molecule has 2 aromatic rings. The molecule has 2 atom stereocenters. The van der Waals surface area contributed by atoms with Crippen LogP contribution in [-0.4, -0.2) is 63.1 Å². The van der Waals surface area contributed by atoms with Crippen LogP contribution in [0.2, 0.25) is 0 Å². The van der Waals surface area contributed by atoms with Crippen molar-refractivity contribution in [2.75, 3.05) is 18.6 Å². The summed E-state index contributed by atoms with van der Waals surface area (Å²) >= 11 is 5.02. The fourth-order valence-corrected chi connectivity index (χ4v) is 7.60. The van der Waals surface area contributed by atoms with E-state index in [9.17, 15) is 14.4 Å². The third kappa shape index (κ3) is 8.31. The number of ether oxygens (including phenoxy) is 2. The Morgan fingerprint density at radius 1 is 1.17 bits per heavy atom. The van der Waals surface area contributed by atoms with Crippen LogP contribution in [0.4, 0.5) is 0 Å². The molecule has 2 aliphatic heterocycles. The second-order valence-corrected chi connectivity index (χ2v) is 13.0. The molecule has 2 aliphatic rings. The molecule has 11 nitrogen and oxygen atoms in total. The van der Waals surface area contributed by atoms with Crippen molar-refractivity contribution < 1.29 is 41.7 Å². The van der Waals surface area contributed by atoms with Crippen molar-refractivity contribution in [1.82, 2.24) is 10.2 Å². The molecule has 2 amide bonds. The highest BCUT2D eigenvalue weighted by molar-refractivity contribution is 8.14. The van der Waals surface area contributed by atoms with Gasteiger partial charge in [0.05, 0.1) is 12.9 Å². The molecule has 1 fully saturated rings. The van der Waals surface area contributed by atoms with E-state index >= 15 is 0 Å². The first-order valence-electron chi connectivity index (χ1n) is 12.2. The van der Waals surface area contributed by atoms with Gasteiger partial charge >= 0.3 is 5.97 Å². The molecule has 0 bridgehead atoms. The van der Waals surface area contributed by atoms with Gasteiger partial charge in [-0.3, -0.25) is 31.0 Å². The molecule has 224 valence electrons. The molecular weight excluding hydrogens is 640 g/mol. The summed E-state index contributed by atoms with van der Waals surface area (Å²) in [6.45, 7) is 0.00534. The summed E-state index contributed by atoms with van der Waals surface area (Å²) in [4.78, 5) is 42.1. The van der Waals surface area contributed by atoms with E-state index < -0.39 is 29.2 Å². The number of halogens is 1. The predicted octanol–water partition coefficient (Wildman–Crippen LogP) is -1.92. The summed E-state index contributed by atoms with van der Waals surface area (Å²) in [5.74, 6) is 0.106. The molecule has 4 rings (SSSR count). The van der Waals surface area contributed by atoms with Crippen LogP contribution in [0, 0.1) is 5.41 Å². The van der Waals surface area contributed by atoms with Crippen molar-refractivity contribution in [3.05, 3.63) is 70.3 Å². The minimum atomic E-state index is -0.803. The zero-order valence-corrected chi connectivity index (χ0v) is 26.4. The number of nitrogens with one attached hydrogen (secondary N) is 2. The van der Waals surface area contributed by atoms with Crippen molar-refractivity contribution in [2.24, 2.45) is 11.5 Å². The Balaban J connectivity index is 0.00000484. The second kappa shape index (κ2) is 15.5. The van der Waals surface area contributed by atoms with Crippen LogP contribution in [0.25, 0.3) is 0 Å². The van der Waals surface area contributed by atoms with Crippen molar-refractivity contribution in [3.63, 3.8) is 0 Å². The highest BCUT2D eigenvalue weighted by atomic mass is 35.5. The number of carbonyl (C=O) groups is 3. The molecule has 16 heteroatoms. The third-order valence-corrected chi connectivity index (χ3v) is 10.1. The first kappa shape index (κ1) is 33.5.